The first-order valence-electron chi connectivity index (χ1n) is 6.62. The summed E-state index contributed by atoms with van der Waals surface area (Å²) >= 11 is 0. The number of nitriles is 2. The van der Waals surface area contributed by atoms with Crippen LogP contribution in [0.1, 0.15) is 11.3 Å². The van der Waals surface area contributed by atoms with Gasteiger partial charge in [-0.05, 0) is 25.1 Å². The topological polar surface area (TPSA) is 97.7 Å². The molecule has 116 valence electrons. The maximum Gasteiger partial charge on any atom is 0.246 e. The minimum Gasteiger partial charge on any atom is -0.309 e. The molecule has 23 heavy (non-hydrogen) atoms. The van der Waals surface area contributed by atoms with Gasteiger partial charge in [0.2, 0.25) is 5.91 Å². The summed E-state index contributed by atoms with van der Waals surface area (Å²) in [7, 11) is 1.68. The van der Waals surface area contributed by atoms with E-state index >= 15 is 0 Å². The lowest BCUT2D eigenvalue weighted by molar-refractivity contribution is -0.114. The average Bonchev–Trinajstić information content (AvgIpc) is 2.83. The monoisotopic (exact) mass is 312 g/mol. The van der Waals surface area contributed by atoms with E-state index in [1.54, 1.807) is 26.1 Å². The van der Waals surface area contributed by atoms with Crippen LogP contribution in [0.2, 0.25) is 0 Å². The lowest BCUT2D eigenvalue weighted by atomic mass is 10.2. The average molecular weight is 312 g/mol. The lowest BCUT2D eigenvalue weighted by Gasteiger charge is -2.15. The first kappa shape index (κ1) is 16.0. The zero-order valence-corrected chi connectivity index (χ0v) is 12.5. The molecule has 8 heteroatoms. The second-order valence-electron chi connectivity index (χ2n) is 4.80. The molecule has 0 fully saturated rings. The molecular formula is C15H13FN6O. The molecule has 0 aliphatic heterocycles. The van der Waals surface area contributed by atoms with Gasteiger partial charge in [0, 0.05) is 13.1 Å². The maximum atomic E-state index is 13.3. The largest absolute Gasteiger partial charge is 0.309 e. The summed E-state index contributed by atoms with van der Waals surface area (Å²) in [5, 5.41) is 24.7. The highest BCUT2D eigenvalue weighted by molar-refractivity contribution is 5.93. The molecule has 2 aromatic rings. The Morgan fingerprint density at radius 2 is 2.17 bits per heavy atom. The van der Waals surface area contributed by atoms with Gasteiger partial charge < -0.3 is 5.32 Å². The Bertz CT molecular complexity index is 829. The Balaban J connectivity index is 2.13. The third-order valence-corrected chi connectivity index (χ3v) is 3.07. The number of anilines is 2. The van der Waals surface area contributed by atoms with Crippen molar-refractivity contribution in [3.63, 3.8) is 0 Å². The molecule has 0 aliphatic rings. The maximum absolute atomic E-state index is 13.3. The summed E-state index contributed by atoms with van der Waals surface area (Å²) in [6.45, 7) is 1.52. The van der Waals surface area contributed by atoms with Gasteiger partial charge in [-0.25, -0.2) is 4.39 Å². The zero-order chi connectivity index (χ0) is 17.0. The molecule has 1 amide bonds. The van der Waals surface area contributed by atoms with Crippen LogP contribution < -0.4 is 10.2 Å². The smallest absolute Gasteiger partial charge is 0.246 e. The summed E-state index contributed by atoms with van der Waals surface area (Å²) in [4.78, 5) is 13.1. The summed E-state index contributed by atoms with van der Waals surface area (Å²) < 4.78 is 14.8. The number of carbonyl (C=O) groups is 1. The number of benzene rings is 1. The standard InChI is InChI=1S/C15H13FN6O/c1-10-5-14(21(2)20-10)19-15(23)8-22(9-18)12-3-4-13(16)11(6-12)7-17/h3-6H,8H2,1-2H3,(H,19,23). The first-order valence-corrected chi connectivity index (χ1v) is 6.62. The zero-order valence-electron chi connectivity index (χ0n) is 12.5. The van der Waals surface area contributed by atoms with E-state index in [4.69, 9.17) is 5.26 Å². The fourth-order valence-corrected chi connectivity index (χ4v) is 2.00. The predicted molar refractivity (Wildman–Crippen MR) is 80.6 cm³/mol. The van der Waals surface area contributed by atoms with Gasteiger partial charge in [-0.15, -0.1) is 0 Å². The van der Waals surface area contributed by atoms with E-state index in [-0.39, 0.29) is 17.8 Å². The van der Waals surface area contributed by atoms with Crippen LogP contribution in [0.15, 0.2) is 24.3 Å². The number of nitrogens with one attached hydrogen (secondary N) is 1. The molecule has 1 N–H and O–H groups in total. The number of halogens is 1. The van der Waals surface area contributed by atoms with Gasteiger partial charge in [0.15, 0.2) is 6.19 Å². The third-order valence-electron chi connectivity index (χ3n) is 3.07. The van der Waals surface area contributed by atoms with Crippen LogP contribution >= 0.6 is 0 Å². The number of amides is 1. The van der Waals surface area contributed by atoms with Gasteiger partial charge in [-0.1, -0.05) is 0 Å². The van der Waals surface area contributed by atoms with Crippen molar-refractivity contribution in [3.8, 4) is 12.3 Å². The highest BCUT2D eigenvalue weighted by Gasteiger charge is 2.15. The van der Waals surface area contributed by atoms with Crippen molar-refractivity contribution < 1.29 is 9.18 Å². The molecule has 0 atom stereocenters. The molecule has 2 rings (SSSR count). The van der Waals surface area contributed by atoms with Gasteiger partial charge >= 0.3 is 0 Å². The quantitative estimate of drug-likeness (QED) is 0.684. The molecule has 0 radical (unpaired) electrons. The van der Waals surface area contributed by atoms with Gasteiger partial charge in [0.1, 0.15) is 24.2 Å². The Hall–Kier alpha value is -3.39. The van der Waals surface area contributed by atoms with Crippen molar-refractivity contribution in [3.05, 3.63) is 41.3 Å². The van der Waals surface area contributed by atoms with Crippen LogP contribution in [-0.2, 0) is 11.8 Å². The second kappa shape index (κ2) is 6.58. The van der Waals surface area contributed by atoms with E-state index in [2.05, 4.69) is 10.4 Å². The summed E-state index contributed by atoms with van der Waals surface area (Å²) in [6.07, 6.45) is 1.84. The molecule has 1 heterocycles. The predicted octanol–water partition coefficient (Wildman–Crippen LogP) is 1.67. The Morgan fingerprint density at radius 3 is 2.74 bits per heavy atom. The van der Waals surface area contributed by atoms with Gasteiger partial charge in [0.05, 0.1) is 16.9 Å². The Morgan fingerprint density at radius 1 is 1.43 bits per heavy atom. The van der Waals surface area contributed by atoms with Crippen molar-refractivity contribution >= 4 is 17.4 Å². The van der Waals surface area contributed by atoms with Gasteiger partial charge in [-0.3, -0.25) is 14.4 Å². The molecule has 0 saturated heterocycles. The number of carbonyl (C=O) groups excluding carboxylic acids is 1. The van der Waals surface area contributed by atoms with Crippen molar-refractivity contribution in [2.45, 2.75) is 6.92 Å². The SMILES string of the molecule is Cc1cc(NC(=O)CN(C#N)c2ccc(F)c(C#N)c2)n(C)n1. The van der Waals surface area contributed by atoms with Crippen LogP contribution in [0.4, 0.5) is 15.9 Å². The molecule has 0 unspecified atom stereocenters. The number of aryl methyl sites for hydroxylation is 2. The molecule has 1 aromatic heterocycles. The minimum atomic E-state index is -0.677. The fourth-order valence-electron chi connectivity index (χ4n) is 2.00. The Kier molecular flexibility index (Phi) is 4.58. The molecule has 0 spiro atoms. The minimum absolute atomic E-state index is 0.189. The van der Waals surface area contributed by atoms with Crippen LogP contribution in [0, 0.1) is 35.5 Å². The molecule has 0 saturated carbocycles. The fraction of sp³-hybridized carbons (Fsp3) is 0.200. The van der Waals surface area contributed by atoms with Crippen molar-refractivity contribution in [2.24, 2.45) is 7.05 Å². The van der Waals surface area contributed by atoms with Crippen LogP contribution in [0.3, 0.4) is 0 Å². The molecule has 1 aromatic carbocycles. The molecule has 0 bridgehead atoms. The van der Waals surface area contributed by atoms with E-state index in [1.165, 1.54) is 16.8 Å². The van der Waals surface area contributed by atoms with E-state index in [0.717, 1.165) is 16.7 Å². The molecule has 0 aliphatic carbocycles. The number of hydrogen-bond acceptors (Lipinski definition) is 5. The number of hydrogen-bond donors (Lipinski definition) is 1. The summed E-state index contributed by atoms with van der Waals surface area (Å²) in [5.74, 6) is -0.608. The molecular weight excluding hydrogens is 299 g/mol. The van der Waals surface area contributed by atoms with E-state index in [9.17, 15) is 14.4 Å². The second-order valence-corrected chi connectivity index (χ2v) is 4.80. The van der Waals surface area contributed by atoms with Crippen molar-refractivity contribution in [2.75, 3.05) is 16.8 Å². The van der Waals surface area contributed by atoms with Gasteiger partial charge in [-0.2, -0.15) is 15.6 Å². The number of nitrogens with zero attached hydrogens (tertiary/aromatic N) is 5. The highest BCUT2D eigenvalue weighted by Crippen LogP contribution is 2.18. The molecule has 7 nitrogen and oxygen atoms in total. The van der Waals surface area contributed by atoms with Crippen molar-refractivity contribution in [1.29, 1.82) is 10.5 Å². The number of aromatic nitrogens is 2. The lowest BCUT2D eigenvalue weighted by Crippen LogP contribution is -2.30. The summed E-state index contributed by atoms with van der Waals surface area (Å²) in [6, 6.07) is 7.03. The van der Waals surface area contributed by atoms with E-state index < -0.39 is 11.7 Å². The van der Waals surface area contributed by atoms with E-state index in [1.807, 2.05) is 6.19 Å². The van der Waals surface area contributed by atoms with Crippen molar-refractivity contribution in [1.82, 2.24) is 9.78 Å². The third kappa shape index (κ3) is 3.63. The van der Waals surface area contributed by atoms with Gasteiger partial charge in [0.25, 0.3) is 0 Å². The summed E-state index contributed by atoms with van der Waals surface area (Å²) in [5.41, 5.74) is 0.823. The number of rotatable bonds is 4. The Labute approximate surface area is 132 Å². The highest BCUT2D eigenvalue weighted by atomic mass is 19.1. The normalized spacial score (nSPS) is 9.78. The van der Waals surface area contributed by atoms with Crippen LogP contribution in [0.25, 0.3) is 0 Å². The van der Waals surface area contributed by atoms with E-state index in [0.29, 0.717) is 5.82 Å². The van der Waals surface area contributed by atoms with Crippen LogP contribution in [-0.4, -0.2) is 22.2 Å². The first-order chi connectivity index (χ1) is 10.9. The van der Waals surface area contributed by atoms with Crippen LogP contribution in [0.5, 0.6) is 0 Å².